The van der Waals surface area contributed by atoms with E-state index in [0.717, 1.165) is 25.9 Å². The van der Waals surface area contributed by atoms with Crippen LogP contribution in [0.1, 0.15) is 19.8 Å². The molecule has 20 heavy (non-hydrogen) atoms. The lowest BCUT2D eigenvalue weighted by Crippen LogP contribution is -2.46. The molecule has 1 N–H and O–H groups in total. The van der Waals surface area contributed by atoms with Gasteiger partial charge in [-0.25, -0.2) is 9.18 Å². The SMILES string of the molecule is CC1(C2CCCNC2)CN(c2ccc(F)cc2)C(=O)O1. The monoisotopic (exact) mass is 278 g/mol. The van der Waals surface area contributed by atoms with Crippen molar-refractivity contribution < 1.29 is 13.9 Å². The van der Waals surface area contributed by atoms with Crippen LogP contribution in [0.25, 0.3) is 0 Å². The first-order valence-corrected chi connectivity index (χ1v) is 7.05. The van der Waals surface area contributed by atoms with Crippen molar-refractivity contribution in [3.63, 3.8) is 0 Å². The zero-order valence-electron chi connectivity index (χ0n) is 11.6. The molecule has 0 aromatic heterocycles. The van der Waals surface area contributed by atoms with Gasteiger partial charge in [0, 0.05) is 18.2 Å². The normalized spacial score (nSPS) is 30.4. The molecule has 0 aliphatic carbocycles. The molecule has 4 nitrogen and oxygen atoms in total. The molecule has 2 aliphatic heterocycles. The van der Waals surface area contributed by atoms with Gasteiger partial charge in [-0.1, -0.05) is 0 Å². The summed E-state index contributed by atoms with van der Waals surface area (Å²) in [5.41, 5.74) is 0.211. The van der Waals surface area contributed by atoms with Crippen LogP contribution in [0.4, 0.5) is 14.9 Å². The van der Waals surface area contributed by atoms with Crippen molar-refractivity contribution in [3.05, 3.63) is 30.1 Å². The molecule has 2 heterocycles. The zero-order valence-corrected chi connectivity index (χ0v) is 11.6. The van der Waals surface area contributed by atoms with Crippen molar-refractivity contribution in [1.29, 1.82) is 0 Å². The highest BCUT2D eigenvalue weighted by molar-refractivity contribution is 5.90. The van der Waals surface area contributed by atoms with E-state index >= 15 is 0 Å². The van der Waals surface area contributed by atoms with E-state index in [0.29, 0.717) is 18.2 Å². The number of nitrogens with zero attached hydrogens (tertiary/aromatic N) is 1. The van der Waals surface area contributed by atoms with Crippen LogP contribution < -0.4 is 10.2 Å². The van der Waals surface area contributed by atoms with Crippen LogP contribution in [0.15, 0.2) is 24.3 Å². The van der Waals surface area contributed by atoms with Gasteiger partial charge in [0.25, 0.3) is 0 Å². The minimum Gasteiger partial charge on any atom is -0.441 e. The zero-order chi connectivity index (χ0) is 14.2. The number of cyclic esters (lactones) is 1. The molecule has 108 valence electrons. The van der Waals surface area contributed by atoms with Crippen molar-refractivity contribution in [2.24, 2.45) is 5.92 Å². The summed E-state index contributed by atoms with van der Waals surface area (Å²) in [6.07, 6.45) is 1.83. The fourth-order valence-corrected chi connectivity index (χ4v) is 3.07. The summed E-state index contributed by atoms with van der Waals surface area (Å²) in [5.74, 6) is 0.0196. The van der Waals surface area contributed by atoms with Gasteiger partial charge in [-0.05, 0) is 50.6 Å². The molecule has 2 saturated heterocycles. The summed E-state index contributed by atoms with van der Waals surface area (Å²) in [7, 11) is 0. The summed E-state index contributed by atoms with van der Waals surface area (Å²) in [6.45, 7) is 4.42. The third kappa shape index (κ3) is 2.38. The number of halogens is 1. The number of hydrogen-bond acceptors (Lipinski definition) is 3. The standard InChI is InChI=1S/C15H19FN2O2/c1-15(11-3-2-8-17-9-11)10-18(14(19)20-15)13-6-4-12(16)5-7-13/h4-7,11,17H,2-3,8-10H2,1H3. The second-order valence-corrected chi connectivity index (χ2v) is 5.79. The molecular weight excluding hydrogens is 259 g/mol. The van der Waals surface area contributed by atoms with E-state index in [1.165, 1.54) is 12.1 Å². The van der Waals surface area contributed by atoms with Gasteiger partial charge in [-0.3, -0.25) is 4.90 Å². The highest BCUT2D eigenvalue weighted by Crippen LogP contribution is 2.35. The molecule has 2 unspecified atom stereocenters. The van der Waals surface area contributed by atoms with E-state index in [1.807, 2.05) is 6.92 Å². The minimum absolute atomic E-state index is 0.305. The maximum Gasteiger partial charge on any atom is 0.415 e. The molecule has 0 bridgehead atoms. The Balaban J connectivity index is 1.78. The summed E-state index contributed by atoms with van der Waals surface area (Å²) in [5, 5.41) is 3.35. The van der Waals surface area contributed by atoms with Crippen LogP contribution in [0, 0.1) is 11.7 Å². The van der Waals surface area contributed by atoms with Crippen molar-refractivity contribution >= 4 is 11.8 Å². The number of anilines is 1. The first-order valence-electron chi connectivity index (χ1n) is 7.05. The Bertz CT molecular complexity index is 499. The Hall–Kier alpha value is -1.62. The molecule has 1 aromatic carbocycles. The number of hydrogen-bond donors (Lipinski definition) is 1. The molecule has 0 radical (unpaired) electrons. The van der Waals surface area contributed by atoms with E-state index in [2.05, 4.69) is 5.32 Å². The Morgan fingerprint density at radius 2 is 2.15 bits per heavy atom. The molecule has 3 rings (SSSR count). The maximum absolute atomic E-state index is 13.0. The number of ether oxygens (including phenoxy) is 1. The van der Waals surface area contributed by atoms with E-state index in [4.69, 9.17) is 4.74 Å². The predicted octanol–water partition coefficient (Wildman–Crippen LogP) is 2.54. The number of piperidine rings is 1. The van der Waals surface area contributed by atoms with Gasteiger partial charge in [-0.2, -0.15) is 0 Å². The minimum atomic E-state index is -0.473. The number of carbonyl (C=O) groups is 1. The first-order chi connectivity index (χ1) is 9.58. The second-order valence-electron chi connectivity index (χ2n) is 5.79. The van der Waals surface area contributed by atoms with Crippen molar-refractivity contribution in [2.45, 2.75) is 25.4 Å². The highest BCUT2D eigenvalue weighted by atomic mass is 19.1. The van der Waals surface area contributed by atoms with Crippen LogP contribution in [-0.4, -0.2) is 31.3 Å². The number of amides is 1. The molecule has 0 saturated carbocycles. The molecule has 2 fully saturated rings. The summed E-state index contributed by atoms with van der Waals surface area (Å²) < 4.78 is 18.6. The summed E-state index contributed by atoms with van der Waals surface area (Å²) in [6, 6.07) is 5.95. The van der Waals surface area contributed by atoms with Crippen LogP contribution in [0.2, 0.25) is 0 Å². The summed E-state index contributed by atoms with van der Waals surface area (Å²) >= 11 is 0. The maximum atomic E-state index is 13.0. The Labute approximate surface area is 117 Å². The molecule has 1 amide bonds. The number of benzene rings is 1. The Morgan fingerprint density at radius 1 is 1.40 bits per heavy atom. The van der Waals surface area contributed by atoms with Gasteiger partial charge in [0.1, 0.15) is 11.4 Å². The highest BCUT2D eigenvalue weighted by Gasteiger charge is 2.47. The smallest absolute Gasteiger partial charge is 0.415 e. The van der Waals surface area contributed by atoms with Gasteiger partial charge >= 0.3 is 6.09 Å². The van der Waals surface area contributed by atoms with Gasteiger partial charge in [0.2, 0.25) is 0 Å². The lowest BCUT2D eigenvalue weighted by molar-refractivity contribution is 0.0123. The number of rotatable bonds is 2. The number of carbonyl (C=O) groups excluding carboxylic acids is 1. The Morgan fingerprint density at radius 3 is 2.80 bits per heavy atom. The quantitative estimate of drug-likeness (QED) is 0.904. The molecule has 0 spiro atoms. The second kappa shape index (κ2) is 5.05. The average molecular weight is 278 g/mol. The number of nitrogens with one attached hydrogen (secondary N) is 1. The van der Waals surface area contributed by atoms with Crippen LogP contribution >= 0.6 is 0 Å². The van der Waals surface area contributed by atoms with Gasteiger partial charge in [0.05, 0.1) is 6.54 Å². The van der Waals surface area contributed by atoms with Gasteiger partial charge < -0.3 is 10.1 Å². The van der Waals surface area contributed by atoms with Crippen molar-refractivity contribution in [2.75, 3.05) is 24.5 Å². The van der Waals surface area contributed by atoms with Crippen molar-refractivity contribution in [3.8, 4) is 0 Å². The van der Waals surface area contributed by atoms with E-state index < -0.39 is 5.60 Å². The van der Waals surface area contributed by atoms with E-state index in [9.17, 15) is 9.18 Å². The predicted molar refractivity (Wildman–Crippen MR) is 74.2 cm³/mol. The van der Waals surface area contributed by atoms with E-state index in [1.54, 1.807) is 17.0 Å². The lowest BCUT2D eigenvalue weighted by Gasteiger charge is -2.34. The molecule has 2 aliphatic rings. The van der Waals surface area contributed by atoms with Crippen LogP contribution in [0.5, 0.6) is 0 Å². The van der Waals surface area contributed by atoms with Gasteiger partial charge in [-0.15, -0.1) is 0 Å². The molecule has 2 atom stereocenters. The van der Waals surface area contributed by atoms with Gasteiger partial charge in [0.15, 0.2) is 0 Å². The topological polar surface area (TPSA) is 41.6 Å². The third-order valence-electron chi connectivity index (χ3n) is 4.31. The van der Waals surface area contributed by atoms with Crippen LogP contribution in [0.3, 0.4) is 0 Å². The first kappa shape index (κ1) is 13.4. The van der Waals surface area contributed by atoms with Crippen LogP contribution in [-0.2, 0) is 4.74 Å². The Kier molecular flexibility index (Phi) is 3.38. The summed E-state index contributed by atoms with van der Waals surface area (Å²) in [4.78, 5) is 13.7. The third-order valence-corrected chi connectivity index (χ3v) is 4.31. The van der Waals surface area contributed by atoms with E-state index in [-0.39, 0.29) is 11.9 Å². The molecule has 5 heteroatoms. The largest absolute Gasteiger partial charge is 0.441 e. The average Bonchev–Trinajstić information content (AvgIpc) is 2.77. The fraction of sp³-hybridized carbons (Fsp3) is 0.533. The van der Waals surface area contributed by atoms with Crippen molar-refractivity contribution in [1.82, 2.24) is 5.32 Å². The molecule has 1 aromatic rings. The lowest BCUT2D eigenvalue weighted by atomic mass is 9.83. The fourth-order valence-electron chi connectivity index (χ4n) is 3.07. The molecular formula is C15H19FN2O2.